The molecule has 2 nitrogen and oxygen atoms in total. The van der Waals surface area contributed by atoms with Gasteiger partial charge in [0.15, 0.2) is 0 Å². The van der Waals surface area contributed by atoms with E-state index in [0.717, 1.165) is 16.9 Å². The van der Waals surface area contributed by atoms with Gasteiger partial charge in [0.05, 0.1) is 19.1 Å². The summed E-state index contributed by atoms with van der Waals surface area (Å²) < 4.78 is 5.45. The lowest BCUT2D eigenvalue weighted by Gasteiger charge is -2.17. The predicted molar refractivity (Wildman–Crippen MR) is 90.6 cm³/mol. The molecule has 0 heterocycles. The van der Waals surface area contributed by atoms with Crippen LogP contribution in [0.4, 0.5) is 0 Å². The number of nitrogens with zero attached hydrogens (tertiary/aromatic N) is 1. The Kier molecular flexibility index (Phi) is 5.46. The number of nitriles is 1. The van der Waals surface area contributed by atoms with Crippen molar-refractivity contribution in [2.75, 3.05) is 7.11 Å². The second kappa shape index (κ2) is 7.33. The molecular weight excluding hydrogens is 294 g/mol. The zero-order valence-corrected chi connectivity index (χ0v) is 13.9. The van der Waals surface area contributed by atoms with Gasteiger partial charge in [-0.2, -0.15) is 5.26 Å². The molecule has 3 heteroatoms. The minimum Gasteiger partial charge on any atom is -0.496 e. The maximum atomic E-state index is 9.61. The summed E-state index contributed by atoms with van der Waals surface area (Å²) in [5.41, 5.74) is 3.26. The van der Waals surface area contributed by atoms with Crippen molar-refractivity contribution < 1.29 is 4.74 Å². The van der Waals surface area contributed by atoms with Gasteiger partial charge in [-0.1, -0.05) is 49.7 Å². The Morgan fingerprint density at radius 3 is 2.36 bits per heavy atom. The van der Waals surface area contributed by atoms with Crippen molar-refractivity contribution in [3.63, 3.8) is 0 Å². The van der Waals surface area contributed by atoms with Crippen molar-refractivity contribution >= 4 is 11.6 Å². The molecule has 22 heavy (non-hydrogen) atoms. The lowest BCUT2D eigenvalue weighted by molar-refractivity contribution is 0.407. The SMILES string of the molecule is COc1ccc(C(C)C)cc1C(C#N)Cc1ccc(Cl)cc1. The minimum absolute atomic E-state index is 0.241. The number of hydrogen-bond acceptors (Lipinski definition) is 2. The molecule has 0 aromatic heterocycles. The Balaban J connectivity index is 2.35. The number of rotatable bonds is 5. The van der Waals surface area contributed by atoms with Crippen LogP contribution in [0.15, 0.2) is 42.5 Å². The third-order valence-corrected chi connectivity index (χ3v) is 4.06. The summed E-state index contributed by atoms with van der Waals surface area (Å²) >= 11 is 5.92. The molecule has 0 bridgehead atoms. The summed E-state index contributed by atoms with van der Waals surface area (Å²) in [6, 6.07) is 16.2. The van der Waals surface area contributed by atoms with Gasteiger partial charge >= 0.3 is 0 Å². The maximum Gasteiger partial charge on any atom is 0.123 e. The first-order valence-corrected chi connectivity index (χ1v) is 7.74. The quantitative estimate of drug-likeness (QED) is 0.748. The van der Waals surface area contributed by atoms with Crippen molar-refractivity contribution in [2.24, 2.45) is 0 Å². The predicted octanol–water partition coefficient (Wildman–Crippen LogP) is 5.32. The van der Waals surface area contributed by atoms with Crippen LogP contribution in [0.25, 0.3) is 0 Å². The van der Waals surface area contributed by atoms with Crippen molar-refractivity contribution in [2.45, 2.75) is 32.1 Å². The van der Waals surface area contributed by atoms with E-state index in [0.29, 0.717) is 17.4 Å². The average molecular weight is 314 g/mol. The highest BCUT2D eigenvalue weighted by atomic mass is 35.5. The molecule has 114 valence electrons. The molecule has 0 saturated carbocycles. The zero-order chi connectivity index (χ0) is 16.1. The fourth-order valence-corrected chi connectivity index (χ4v) is 2.59. The van der Waals surface area contributed by atoms with Gasteiger partial charge < -0.3 is 4.74 Å². The monoisotopic (exact) mass is 313 g/mol. The highest BCUT2D eigenvalue weighted by Gasteiger charge is 2.18. The average Bonchev–Trinajstić information content (AvgIpc) is 2.53. The third-order valence-electron chi connectivity index (χ3n) is 3.80. The Morgan fingerprint density at radius 1 is 1.14 bits per heavy atom. The molecule has 2 aromatic rings. The first kappa shape index (κ1) is 16.4. The van der Waals surface area contributed by atoms with Gasteiger partial charge in [0.2, 0.25) is 0 Å². The molecule has 1 unspecified atom stereocenters. The van der Waals surface area contributed by atoms with E-state index in [1.54, 1.807) is 7.11 Å². The van der Waals surface area contributed by atoms with Crippen LogP contribution in [0, 0.1) is 11.3 Å². The normalized spacial score (nSPS) is 12.0. The number of methoxy groups -OCH3 is 1. The van der Waals surface area contributed by atoms with Gasteiger partial charge in [0, 0.05) is 10.6 Å². The van der Waals surface area contributed by atoms with E-state index in [2.05, 4.69) is 32.0 Å². The molecule has 2 aromatic carbocycles. The van der Waals surface area contributed by atoms with Crippen molar-refractivity contribution in [3.8, 4) is 11.8 Å². The highest BCUT2D eigenvalue weighted by Crippen LogP contribution is 2.32. The van der Waals surface area contributed by atoms with Crippen molar-refractivity contribution in [1.82, 2.24) is 0 Å². The maximum absolute atomic E-state index is 9.61. The minimum atomic E-state index is -0.241. The van der Waals surface area contributed by atoms with Crippen LogP contribution in [0.3, 0.4) is 0 Å². The summed E-state index contributed by atoms with van der Waals surface area (Å²) in [5.74, 6) is 0.944. The summed E-state index contributed by atoms with van der Waals surface area (Å²) in [5, 5.41) is 10.3. The highest BCUT2D eigenvalue weighted by molar-refractivity contribution is 6.30. The van der Waals surface area contributed by atoms with Crippen LogP contribution in [0.5, 0.6) is 5.75 Å². The van der Waals surface area contributed by atoms with Gasteiger partial charge in [-0.3, -0.25) is 0 Å². The molecule has 0 aliphatic rings. The molecule has 0 aliphatic heterocycles. The summed E-state index contributed by atoms with van der Waals surface area (Å²) in [7, 11) is 1.64. The second-order valence-electron chi connectivity index (χ2n) is 5.67. The largest absolute Gasteiger partial charge is 0.496 e. The Labute approximate surface area is 137 Å². The smallest absolute Gasteiger partial charge is 0.123 e. The first-order chi connectivity index (χ1) is 10.5. The number of ether oxygens (including phenoxy) is 1. The molecule has 0 amide bonds. The molecule has 0 radical (unpaired) electrons. The van der Waals surface area contributed by atoms with E-state index in [1.165, 1.54) is 5.56 Å². The van der Waals surface area contributed by atoms with Crippen LogP contribution in [0.2, 0.25) is 5.02 Å². The Bertz CT molecular complexity index is 671. The van der Waals surface area contributed by atoms with Gasteiger partial charge in [-0.25, -0.2) is 0 Å². The topological polar surface area (TPSA) is 33.0 Å². The number of hydrogen-bond donors (Lipinski definition) is 0. The van der Waals surface area contributed by atoms with Gasteiger partial charge in [0.1, 0.15) is 5.75 Å². The van der Waals surface area contributed by atoms with E-state index < -0.39 is 0 Å². The Morgan fingerprint density at radius 2 is 1.82 bits per heavy atom. The summed E-state index contributed by atoms with van der Waals surface area (Å²) in [6.07, 6.45) is 0.644. The zero-order valence-electron chi connectivity index (χ0n) is 13.1. The third kappa shape index (κ3) is 3.81. The van der Waals surface area contributed by atoms with Gasteiger partial charge in [0.25, 0.3) is 0 Å². The fourth-order valence-electron chi connectivity index (χ4n) is 2.47. The Hall–Kier alpha value is -1.98. The first-order valence-electron chi connectivity index (χ1n) is 7.37. The molecule has 0 N–H and O–H groups in total. The van der Waals surface area contributed by atoms with Gasteiger partial charge in [-0.05, 0) is 41.7 Å². The summed E-state index contributed by atoms with van der Waals surface area (Å²) in [4.78, 5) is 0. The van der Waals surface area contributed by atoms with E-state index in [-0.39, 0.29) is 5.92 Å². The van der Waals surface area contributed by atoms with Crippen LogP contribution >= 0.6 is 11.6 Å². The molecular formula is C19H20ClNO. The van der Waals surface area contributed by atoms with Crippen molar-refractivity contribution in [3.05, 3.63) is 64.2 Å². The van der Waals surface area contributed by atoms with E-state index in [9.17, 15) is 5.26 Å². The van der Waals surface area contributed by atoms with Gasteiger partial charge in [-0.15, -0.1) is 0 Å². The lowest BCUT2D eigenvalue weighted by atomic mass is 9.89. The standard InChI is InChI=1S/C19H20ClNO/c1-13(2)15-6-9-19(22-3)18(11-15)16(12-21)10-14-4-7-17(20)8-5-14/h4-9,11,13,16H,10H2,1-3H3. The van der Waals surface area contributed by atoms with E-state index >= 15 is 0 Å². The number of halogens is 1. The molecule has 2 rings (SSSR count). The fraction of sp³-hybridized carbons (Fsp3) is 0.316. The van der Waals surface area contributed by atoms with Crippen LogP contribution in [0.1, 0.15) is 42.4 Å². The molecule has 0 aliphatic carbocycles. The second-order valence-corrected chi connectivity index (χ2v) is 6.10. The molecule has 0 saturated heterocycles. The number of benzene rings is 2. The van der Waals surface area contributed by atoms with E-state index in [4.69, 9.17) is 16.3 Å². The lowest BCUT2D eigenvalue weighted by Crippen LogP contribution is -2.04. The summed E-state index contributed by atoms with van der Waals surface area (Å²) in [6.45, 7) is 4.29. The van der Waals surface area contributed by atoms with Crippen molar-refractivity contribution in [1.29, 1.82) is 5.26 Å². The molecule has 1 atom stereocenters. The van der Waals surface area contributed by atoms with Crippen LogP contribution < -0.4 is 4.74 Å². The molecule has 0 spiro atoms. The van der Waals surface area contributed by atoms with Crippen LogP contribution in [-0.2, 0) is 6.42 Å². The molecule has 0 fully saturated rings. The van der Waals surface area contributed by atoms with Crippen LogP contribution in [-0.4, -0.2) is 7.11 Å². The van der Waals surface area contributed by atoms with E-state index in [1.807, 2.05) is 30.3 Å².